The van der Waals surface area contributed by atoms with E-state index in [0.29, 0.717) is 0 Å². The molecule has 1 aliphatic heterocycles. The van der Waals surface area contributed by atoms with E-state index in [9.17, 15) is 4.79 Å². The molecule has 3 N–H and O–H groups in total. The first kappa shape index (κ1) is 11.8. The minimum absolute atomic E-state index is 0.0193. The molecular weight excluding hydrogens is 222 g/mol. The van der Waals surface area contributed by atoms with Crippen molar-refractivity contribution in [2.75, 3.05) is 12.3 Å². The quantitative estimate of drug-likeness (QED) is 0.741. The number of anilines is 1. The van der Waals surface area contributed by atoms with Gasteiger partial charge in [-0.3, -0.25) is 4.79 Å². The molecule has 0 aliphatic carbocycles. The molecule has 17 heavy (non-hydrogen) atoms. The van der Waals surface area contributed by atoms with Gasteiger partial charge in [-0.2, -0.15) is 0 Å². The van der Waals surface area contributed by atoms with Gasteiger partial charge < -0.3 is 15.8 Å². The van der Waals surface area contributed by atoms with Gasteiger partial charge in [0, 0.05) is 6.61 Å². The molecule has 1 aliphatic rings. The van der Waals surface area contributed by atoms with Crippen molar-refractivity contribution in [3.05, 3.63) is 6.33 Å². The zero-order valence-corrected chi connectivity index (χ0v) is 9.80. The van der Waals surface area contributed by atoms with E-state index in [-0.39, 0.29) is 30.5 Å². The second-order valence-electron chi connectivity index (χ2n) is 4.21. The van der Waals surface area contributed by atoms with E-state index in [1.165, 1.54) is 11.0 Å². The van der Waals surface area contributed by atoms with Crippen LogP contribution in [0.2, 0.25) is 0 Å². The van der Waals surface area contributed by atoms with Gasteiger partial charge in [0.15, 0.2) is 0 Å². The molecule has 1 saturated heterocycles. The Balaban J connectivity index is 1.80. The predicted octanol–water partition coefficient (Wildman–Crippen LogP) is -0.456. The van der Waals surface area contributed by atoms with Crippen LogP contribution in [0, 0.1) is 0 Å². The van der Waals surface area contributed by atoms with Gasteiger partial charge in [-0.1, -0.05) is 0 Å². The van der Waals surface area contributed by atoms with E-state index >= 15 is 0 Å². The van der Waals surface area contributed by atoms with Crippen LogP contribution in [0.25, 0.3) is 0 Å². The zero-order chi connectivity index (χ0) is 12.3. The first-order chi connectivity index (χ1) is 8.15. The summed E-state index contributed by atoms with van der Waals surface area (Å²) in [4.78, 5) is 15.4. The van der Waals surface area contributed by atoms with Crippen LogP contribution in [0.15, 0.2) is 6.33 Å². The van der Waals surface area contributed by atoms with Gasteiger partial charge >= 0.3 is 0 Å². The third-order valence-electron chi connectivity index (χ3n) is 2.77. The summed E-state index contributed by atoms with van der Waals surface area (Å²) in [5.41, 5.74) is 5.36. The fourth-order valence-electron chi connectivity index (χ4n) is 1.92. The molecule has 0 radical (unpaired) electrons. The van der Waals surface area contributed by atoms with Crippen molar-refractivity contribution in [2.45, 2.75) is 38.5 Å². The van der Waals surface area contributed by atoms with Crippen LogP contribution in [0.3, 0.4) is 0 Å². The van der Waals surface area contributed by atoms with Crippen LogP contribution in [0.4, 0.5) is 5.95 Å². The topological polar surface area (TPSA) is 95.1 Å². The Labute approximate surface area is 99.3 Å². The monoisotopic (exact) mass is 239 g/mol. The van der Waals surface area contributed by atoms with Crippen molar-refractivity contribution in [3.63, 3.8) is 0 Å². The van der Waals surface area contributed by atoms with Crippen LogP contribution >= 0.6 is 0 Å². The number of carbonyl (C=O) groups excluding carboxylic acids is 1. The fraction of sp³-hybridized carbons (Fsp3) is 0.700. The molecule has 2 atom stereocenters. The molecule has 2 heterocycles. The third-order valence-corrected chi connectivity index (χ3v) is 2.77. The number of nitrogen functional groups attached to an aromatic ring is 1. The van der Waals surface area contributed by atoms with E-state index in [1.54, 1.807) is 0 Å². The summed E-state index contributed by atoms with van der Waals surface area (Å²) in [5, 5.41) is 6.73. The summed E-state index contributed by atoms with van der Waals surface area (Å²) in [6, 6.07) is 0.0193. The van der Waals surface area contributed by atoms with Crippen molar-refractivity contribution in [1.29, 1.82) is 0 Å². The highest BCUT2D eigenvalue weighted by atomic mass is 16.5. The third kappa shape index (κ3) is 3.16. The lowest BCUT2D eigenvalue weighted by molar-refractivity contribution is -0.123. The number of hydrogen-bond donors (Lipinski definition) is 2. The second kappa shape index (κ2) is 5.13. The maximum Gasteiger partial charge on any atom is 0.242 e. The van der Waals surface area contributed by atoms with Crippen LogP contribution in [-0.2, 0) is 16.1 Å². The lowest BCUT2D eigenvalue weighted by atomic mass is 10.1. The van der Waals surface area contributed by atoms with E-state index in [0.717, 1.165) is 19.4 Å². The van der Waals surface area contributed by atoms with Crippen molar-refractivity contribution in [1.82, 2.24) is 20.1 Å². The van der Waals surface area contributed by atoms with E-state index in [1.807, 2.05) is 6.92 Å². The molecule has 1 amide bonds. The lowest BCUT2D eigenvalue weighted by Gasteiger charge is -2.19. The molecule has 0 aromatic carbocycles. The molecule has 7 heteroatoms. The molecule has 0 saturated carbocycles. The Morgan fingerprint density at radius 2 is 2.65 bits per heavy atom. The summed E-state index contributed by atoms with van der Waals surface area (Å²) >= 11 is 0. The molecule has 2 unspecified atom stereocenters. The number of nitrogens with zero attached hydrogens (tertiary/aromatic N) is 3. The van der Waals surface area contributed by atoms with Crippen LogP contribution < -0.4 is 11.1 Å². The molecule has 0 bridgehead atoms. The van der Waals surface area contributed by atoms with Gasteiger partial charge in [-0.15, -0.1) is 5.10 Å². The Morgan fingerprint density at radius 3 is 3.24 bits per heavy atom. The first-order valence-electron chi connectivity index (χ1n) is 5.71. The van der Waals surface area contributed by atoms with E-state index in [2.05, 4.69) is 15.4 Å². The normalized spacial score (nSPS) is 21.4. The number of hydrogen-bond acceptors (Lipinski definition) is 5. The molecule has 1 fully saturated rings. The number of amides is 1. The molecular formula is C10H17N5O2. The first-order valence-corrected chi connectivity index (χ1v) is 5.71. The Morgan fingerprint density at radius 1 is 1.82 bits per heavy atom. The van der Waals surface area contributed by atoms with Crippen molar-refractivity contribution >= 4 is 11.9 Å². The smallest absolute Gasteiger partial charge is 0.242 e. The molecule has 1 aromatic rings. The molecule has 7 nitrogen and oxygen atoms in total. The summed E-state index contributed by atoms with van der Waals surface area (Å²) in [6.45, 7) is 2.86. The SMILES string of the molecule is CC(NC(=O)Cn1cnc(N)n1)C1CCCO1. The Bertz CT molecular complexity index is 386. The maximum absolute atomic E-state index is 11.7. The molecule has 94 valence electrons. The van der Waals surface area contributed by atoms with Crippen LogP contribution in [0.1, 0.15) is 19.8 Å². The number of aromatic nitrogens is 3. The number of nitrogens with two attached hydrogens (primary N) is 1. The van der Waals surface area contributed by atoms with Gasteiger partial charge in [-0.05, 0) is 19.8 Å². The van der Waals surface area contributed by atoms with Crippen molar-refractivity contribution in [3.8, 4) is 0 Å². The van der Waals surface area contributed by atoms with Crippen LogP contribution in [0.5, 0.6) is 0 Å². The average molecular weight is 239 g/mol. The Kier molecular flexibility index (Phi) is 3.58. The van der Waals surface area contributed by atoms with Gasteiger partial charge in [0.1, 0.15) is 12.9 Å². The average Bonchev–Trinajstić information content (AvgIpc) is 2.89. The maximum atomic E-state index is 11.7. The number of nitrogens with one attached hydrogen (secondary N) is 1. The Hall–Kier alpha value is -1.63. The standard InChI is InChI=1S/C10H17N5O2/c1-7(8-3-2-4-17-8)13-9(16)5-15-6-12-10(11)14-15/h6-8H,2-5H2,1H3,(H2,11,14)(H,13,16). The summed E-state index contributed by atoms with van der Waals surface area (Å²) in [6.07, 6.45) is 3.62. The summed E-state index contributed by atoms with van der Waals surface area (Å²) < 4.78 is 6.91. The van der Waals surface area contributed by atoms with E-state index < -0.39 is 0 Å². The number of ether oxygens (including phenoxy) is 1. The highest BCUT2D eigenvalue weighted by molar-refractivity contribution is 5.75. The second-order valence-corrected chi connectivity index (χ2v) is 4.21. The molecule has 2 rings (SSSR count). The molecule has 0 spiro atoms. The van der Waals surface area contributed by atoms with Gasteiger partial charge in [0.2, 0.25) is 11.9 Å². The highest BCUT2D eigenvalue weighted by Crippen LogP contribution is 2.15. The summed E-state index contributed by atoms with van der Waals surface area (Å²) in [7, 11) is 0. The van der Waals surface area contributed by atoms with Gasteiger partial charge in [0.05, 0.1) is 12.1 Å². The minimum Gasteiger partial charge on any atom is -0.376 e. The highest BCUT2D eigenvalue weighted by Gasteiger charge is 2.23. The van der Waals surface area contributed by atoms with Gasteiger partial charge in [0.25, 0.3) is 0 Å². The summed E-state index contributed by atoms with van der Waals surface area (Å²) in [5.74, 6) is 0.0582. The minimum atomic E-state index is -0.113. The van der Waals surface area contributed by atoms with E-state index in [4.69, 9.17) is 10.5 Å². The molecule has 1 aromatic heterocycles. The zero-order valence-electron chi connectivity index (χ0n) is 9.80. The predicted molar refractivity (Wildman–Crippen MR) is 61.0 cm³/mol. The van der Waals surface area contributed by atoms with Crippen LogP contribution in [-0.4, -0.2) is 39.4 Å². The van der Waals surface area contributed by atoms with Crippen molar-refractivity contribution in [2.24, 2.45) is 0 Å². The number of rotatable bonds is 4. The van der Waals surface area contributed by atoms with Gasteiger partial charge in [-0.25, -0.2) is 9.67 Å². The van der Waals surface area contributed by atoms with Crippen molar-refractivity contribution < 1.29 is 9.53 Å². The largest absolute Gasteiger partial charge is 0.376 e. The number of carbonyl (C=O) groups is 1. The fourth-order valence-corrected chi connectivity index (χ4v) is 1.92. The lowest BCUT2D eigenvalue weighted by Crippen LogP contribution is -2.42.